The molecule has 0 radical (unpaired) electrons. The number of phenolic OH excluding ortho intramolecular Hbond substituents is 1. The van der Waals surface area contributed by atoms with Crippen LogP contribution in [0.1, 0.15) is 34.3 Å². The molecule has 0 heterocycles. The quantitative estimate of drug-likeness (QED) is 0.244. The normalized spacial score (nSPS) is 25.6. The number of phenols is 1. The highest BCUT2D eigenvalue weighted by atomic mass is 16.6. The predicted molar refractivity (Wildman–Crippen MR) is 120 cm³/mol. The van der Waals surface area contributed by atoms with E-state index in [4.69, 9.17) is 5.73 Å². The molecular weight excluding hydrogens is 462 g/mol. The second-order valence-corrected chi connectivity index (χ2v) is 9.08. The minimum absolute atomic E-state index is 0.0163. The number of aliphatic hydroxyl groups excluding tert-OH is 2. The summed E-state index contributed by atoms with van der Waals surface area (Å²) in [4.78, 5) is 56.5. The molecule has 0 aliphatic heterocycles. The lowest BCUT2D eigenvalue weighted by molar-refractivity contribution is -0.147. The summed E-state index contributed by atoms with van der Waals surface area (Å²) in [5.41, 5.74) is 4.00. The standard InChI is InChI=1S/C23H25N3O9/c1-26(2)12-7-11(22(33)25-35-3)17(28)15-10(12)5-8-4-9-6-13(27)16(21(24)32)20(31)23(9,34)19(30)14(8)18(15)29/h7-9,28-29,31,34H,4-6H2,1-3H3,(H2,24,32)(H,25,33)/t8-,9+,23+/m1/s1. The topological polar surface area (TPSA) is 200 Å². The van der Waals surface area contributed by atoms with Crippen molar-refractivity contribution in [3.05, 3.63) is 39.7 Å². The Morgan fingerprint density at radius 2 is 1.86 bits per heavy atom. The summed E-state index contributed by atoms with van der Waals surface area (Å²) < 4.78 is 0. The van der Waals surface area contributed by atoms with E-state index >= 15 is 0 Å². The Morgan fingerprint density at radius 3 is 2.43 bits per heavy atom. The summed E-state index contributed by atoms with van der Waals surface area (Å²) in [5.74, 6) is -8.15. The molecule has 1 aromatic rings. The van der Waals surface area contributed by atoms with Gasteiger partial charge in [-0.1, -0.05) is 0 Å². The number of rotatable bonds is 4. The van der Waals surface area contributed by atoms with Crippen LogP contribution in [0, 0.1) is 11.8 Å². The molecule has 1 saturated carbocycles. The number of hydrogen-bond acceptors (Lipinski definition) is 10. The number of aromatic hydroxyl groups is 1. The molecule has 2 amide bonds. The Kier molecular flexibility index (Phi) is 5.61. The third-order valence-electron chi connectivity index (χ3n) is 6.96. The molecule has 0 aromatic heterocycles. The number of amides is 2. The largest absolute Gasteiger partial charge is 0.508 e. The highest BCUT2D eigenvalue weighted by Crippen LogP contribution is 2.53. The Hall–Kier alpha value is -3.90. The van der Waals surface area contributed by atoms with Crippen molar-refractivity contribution >= 4 is 34.8 Å². The maximum Gasteiger partial charge on any atom is 0.278 e. The molecule has 1 fully saturated rings. The van der Waals surface area contributed by atoms with Gasteiger partial charge in [0.15, 0.2) is 11.4 Å². The fraction of sp³-hybridized carbons (Fsp3) is 0.391. The average Bonchev–Trinajstić information content (AvgIpc) is 2.76. The highest BCUT2D eigenvalue weighted by molar-refractivity contribution is 6.22. The first kappa shape index (κ1) is 24.2. The molecule has 4 rings (SSSR count). The Balaban J connectivity index is 1.97. The van der Waals surface area contributed by atoms with Gasteiger partial charge in [-0.15, -0.1) is 0 Å². The van der Waals surface area contributed by atoms with E-state index in [9.17, 15) is 39.6 Å². The SMILES string of the molecule is CONC(=O)c1cc(N(C)C)c2c(c1O)C(O)=C1C(=O)[C@]3(O)C(O)=C(C(N)=O)C(=O)C[C@@H]3C[C@@H]1C2. The van der Waals surface area contributed by atoms with Crippen LogP contribution >= 0.6 is 0 Å². The third-order valence-corrected chi connectivity index (χ3v) is 6.96. The summed E-state index contributed by atoms with van der Waals surface area (Å²) in [7, 11) is 4.59. The van der Waals surface area contributed by atoms with Crippen LogP contribution in [-0.2, 0) is 25.6 Å². The predicted octanol–water partition coefficient (Wildman–Crippen LogP) is -0.219. The number of carbonyl (C=O) groups is 4. The van der Waals surface area contributed by atoms with Crippen LogP contribution in [0.2, 0.25) is 0 Å². The average molecular weight is 487 g/mol. The zero-order valence-corrected chi connectivity index (χ0v) is 19.2. The zero-order chi connectivity index (χ0) is 26.0. The maximum atomic E-state index is 13.6. The summed E-state index contributed by atoms with van der Waals surface area (Å²) in [6.45, 7) is 0. The third kappa shape index (κ3) is 3.28. The van der Waals surface area contributed by atoms with Crippen molar-refractivity contribution in [2.75, 3.05) is 26.1 Å². The van der Waals surface area contributed by atoms with Crippen LogP contribution in [0.4, 0.5) is 5.69 Å². The van der Waals surface area contributed by atoms with Gasteiger partial charge in [0.2, 0.25) is 5.78 Å². The number of nitrogens with two attached hydrogens (primary N) is 1. The van der Waals surface area contributed by atoms with Crippen molar-refractivity contribution in [1.29, 1.82) is 0 Å². The molecule has 35 heavy (non-hydrogen) atoms. The molecule has 1 aromatic carbocycles. The molecule has 3 aliphatic carbocycles. The molecular formula is C23H25N3O9. The number of hydrogen-bond donors (Lipinski definition) is 6. The fourth-order valence-electron chi connectivity index (χ4n) is 5.39. The smallest absolute Gasteiger partial charge is 0.278 e. The van der Waals surface area contributed by atoms with Gasteiger partial charge in [0.1, 0.15) is 22.8 Å². The summed E-state index contributed by atoms with van der Waals surface area (Å²) in [6, 6.07) is 1.42. The first-order valence-corrected chi connectivity index (χ1v) is 10.7. The van der Waals surface area contributed by atoms with Crippen molar-refractivity contribution in [1.82, 2.24) is 5.48 Å². The Bertz CT molecular complexity index is 1260. The number of anilines is 1. The van der Waals surface area contributed by atoms with Crippen molar-refractivity contribution in [3.8, 4) is 5.75 Å². The molecule has 7 N–H and O–H groups in total. The number of ketones is 2. The van der Waals surface area contributed by atoms with E-state index in [2.05, 4.69) is 10.3 Å². The van der Waals surface area contributed by atoms with Crippen molar-refractivity contribution in [2.24, 2.45) is 17.6 Å². The van der Waals surface area contributed by atoms with Gasteiger partial charge in [0.05, 0.1) is 18.2 Å². The van der Waals surface area contributed by atoms with Crippen LogP contribution in [-0.4, -0.2) is 70.6 Å². The highest BCUT2D eigenvalue weighted by Gasteiger charge is 2.60. The summed E-state index contributed by atoms with van der Waals surface area (Å²) in [6.07, 6.45) is -0.256. The van der Waals surface area contributed by atoms with Gasteiger partial charge in [-0.05, 0) is 30.4 Å². The second kappa shape index (κ2) is 8.10. The first-order valence-electron chi connectivity index (χ1n) is 10.7. The van der Waals surface area contributed by atoms with E-state index in [1.165, 1.54) is 13.2 Å². The van der Waals surface area contributed by atoms with Crippen LogP contribution in [0.3, 0.4) is 0 Å². The van der Waals surface area contributed by atoms with Crippen LogP contribution in [0.25, 0.3) is 5.76 Å². The van der Waals surface area contributed by atoms with Crippen molar-refractivity contribution in [2.45, 2.75) is 24.9 Å². The first-order chi connectivity index (χ1) is 16.4. The van der Waals surface area contributed by atoms with Crippen molar-refractivity contribution in [3.63, 3.8) is 0 Å². The van der Waals surface area contributed by atoms with E-state index in [0.717, 1.165) is 0 Å². The van der Waals surface area contributed by atoms with E-state index in [1.807, 2.05) is 0 Å². The number of primary amides is 1. The number of nitrogens with one attached hydrogen (secondary N) is 1. The lowest BCUT2D eigenvalue weighted by Gasteiger charge is -2.46. The van der Waals surface area contributed by atoms with E-state index in [1.54, 1.807) is 19.0 Å². The molecule has 186 valence electrons. The molecule has 12 heteroatoms. The van der Waals surface area contributed by atoms with Gasteiger partial charge >= 0.3 is 0 Å². The molecule has 0 spiro atoms. The number of hydroxylamine groups is 1. The number of aliphatic hydroxyl groups is 3. The molecule has 3 atom stereocenters. The second-order valence-electron chi connectivity index (χ2n) is 9.08. The van der Waals surface area contributed by atoms with Gasteiger partial charge in [-0.3, -0.25) is 24.0 Å². The van der Waals surface area contributed by atoms with Crippen LogP contribution < -0.4 is 16.1 Å². The fourth-order valence-corrected chi connectivity index (χ4v) is 5.39. The maximum absolute atomic E-state index is 13.6. The van der Waals surface area contributed by atoms with E-state index < -0.39 is 70.1 Å². The number of nitrogens with zero attached hydrogens (tertiary/aromatic N) is 1. The number of benzene rings is 1. The summed E-state index contributed by atoms with van der Waals surface area (Å²) in [5, 5.41) is 44.0. The zero-order valence-electron chi connectivity index (χ0n) is 19.2. The minimum Gasteiger partial charge on any atom is -0.508 e. The number of carbonyl (C=O) groups excluding carboxylic acids is 4. The van der Waals surface area contributed by atoms with Crippen LogP contribution in [0.5, 0.6) is 5.75 Å². The van der Waals surface area contributed by atoms with Gasteiger partial charge in [-0.2, -0.15) is 0 Å². The Morgan fingerprint density at radius 1 is 1.20 bits per heavy atom. The lowest BCUT2D eigenvalue weighted by Crippen LogP contribution is -2.58. The lowest BCUT2D eigenvalue weighted by atomic mass is 9.59. The van der Waals surface area contributed by atoms with E-state index in [-0.39, 0.29) is 29.5 Å². The van der Waals surface area contributed by atoms with Gasteiger partial charge in [-0.25, -0.2) is 5.48 Å². The number of fused-ring (bicyclic) bond motifs is 3. The van der Waals surface area contributed by atoms with Crippen molar-refractivity contribution < 1.29 is 44.4 Å². The molecule has 12 nitrogen and oxygen atoms in total. The number of Topliss-reactive ketones (excluding diaryl/α,β-unsaturated/α-hetero) is 2. The molecule has 3 aliphatic rings. The van der Waals surface area contributed by atoms with Crippen LogP contribution in [0.15, 0.2) is 23.0 Å². The van der Waals surface area contributed by atoms with Gasteiger partial charge < -0.3 is 31.1 Å². The molecule has 0 unspecified atom stereocenters. The monoisotopic (exact) mass is 487 g/mol. The molecule has 0 bridgehead atoms. The molecule has 0 saturated heterocycles. The minimum atomic E-state index is -2.65. The van der Waals surface area contributed by atoms with Gasteiger partial charge in [0.25, 0.3) is 11.8 Å². The van der Waals surface area contributed by atoms with E-state index in [0.29, 0.717) is 11.3 Å². The van der Waals surface area contributed by atoms with Gasteiger partial charge in [0, 0.05) is 37.7 Å². The Labute approximate surface area is 199 Å². The summed E-state index contributed by atoms with van der Waals surface area (Å²) >= 11 is 0.